The molecule has 1 aromatic carbocycles. The molecule has 5 aromatic heterocycles. The van der Waals surface area contributed by atoms with E-state index in [2.05, 4.69) is 79.1 Å². The summed E-state index contributed by atoms with van der Waals surface area (Å²) in [6.45, 7) is 6.11. The summed E-state index contributed by atoms with van der Waals surface area (Å²) in [5, 5.41) is 10.0. The summed E-state index contributed by atoms with van der Waals surface area (Å²) in [5.74, 6) is 0. The number of hydrogen-bond acceptors (Lipinski definition) is 5. The highest BCUT2D eigenvalue weighted by Gasteiger charge is 2.16. The molecule has 0 bridgehead atoms. The number of nitrogens with zero attached hydrogens (tertiary/aromatic N) is 4. The number of thiophene rings is 1. The van der Waals surface area contributed by atoms with E-state index in [1.807, 2.05) is 45.8 Å². The Balaban J connectivity index is 1.46. The molecule has 0 unspecified atom stereocenters. The van der Waals surface area contributed by atoms with Crippen molar-refractivity contribution in [3.05, 3.63) is 78.7 Å². The first-order valence-electron chi connectivity index (χ1n) is 11.3. The maximum atomic E-state index is 4.66. The van der Waals surface area contributed by atoms with Crippen LogP contribution in [0.2, 0.25) is 0 Å². The van der Waals surface area contributed by atoms with Gasteiger partial charge in [-0.25, -0.2) is 0 Å². The number of rotatable bonds is 5. The number of anilines is 1. The molecule has 6 aromatic rings. The van der Waals surface area contributed by atoms with Gasteiger partial charge in [0, 0.05) is 58.1 Å². The highest BCUT2D eigenvalue weighted by atomic mass is 32.1. The molecule has 0 amide bonds. The molecule has 7 heteroatoms. The fourth-order valence-corrected chi connectivity index (χ4v) is 5.27. The van der Waals surface area contributed by atoms with Gasteiger partial charge in [0.25, 0.3) is 0 Å². The lowest BCUT2D eigenvalue weighted by molar-refractivity contribution is 1.11. The van der Waals surface area contributed by atoms with Crippen LogP contribution in [0.15, 0.2) is 73.8 Å². The summed E-state index contributed by atoms with van der Waals surface area (Å²) >= 11 is 1.74. The maximum absolute atomic E-state index is 4.66. The van der Waals surface area contributed by atoms with Crippen LogP contribution in [0.4, 0.5) is 5.69 Å². The van der Waals surface area contributed by atoms with Gasteiger partial charge in [0.2, 0.25) is 0 Å². The second-order valence-electron chi connectivity index (χ2n) is 8.93. The third-order valence-corrected chi connectivity index (χ3v) is 7.51. The molecule has 6 rings (SSSR count). The van der Waals surface area contributed by atoms with Crippen molar-refractivity contribution in [3.63, 3.8) is 0 Å². The molecule has 172 valence electrons. The second kappa shape index (κ2) is 8.21. The smallest absolute Gasteiger partial charge is 0.116 e. The van der Waals surface area contributed by atoms with Gasteiger partial charge >= 0.3 is 0 Å². The van der Waals surface area contributed by atoms with E-state index in [9.17, 15) is 0 Å². The molecule has 0 spiro atoms. The molecule has 0 saturated heterocycles. The Morgan fingerprint density at radius 2 is 1.74 bits per heavy atom. The second-order valence-corrected chi connectivity index (χ2v) is 10.0. The summed E-state index contributed by atoms with van der Waals surface area (Å²) in [4.78, 5) is 16.9. The van der Waals surface area contributed by atoms with Crippen LogP contribution >= 0.6 is 11.3 Å². The number of pyridine rings is 2. The van der Waals surface area contributed by atoms with Crippen LogP contribution in [0, 0.1) is 0 Å². The summed E-state index contributed by atoms with van der Waals surface area (Å²) in [5.41, 5.74) is 9.22. The lowest BCUT2D eigenvalue weighted by atomic mass is 10.0. The van der Waals surface area contributed by atoms with Crippen molar-refractivity contribution >= 4 is 44.4 Å². The normalized spacial score (nSPS) is 11.4. The van der Waals surface area contributed by atoms with Gasteiger partial charge in [-0.05, 0) is 54.5 Å². The Kier molecular flexibility index (Phi) is 5.00. The largest absolute Gasteiger partial charge is 0.376 e. The fourth-order valence-electron chi connectivity index (χ4n) is 4.32. The number of allylic oxidation sites excluding steroid dienone is 1. The van der Waals surface area contributed by atoms with Crippen LogP contribution in [0.1, 0.15) is 11.8 Å². The highest BCUT2D eigenvalue weighted by molar-refractivity contribution is 7.16. The van der Waals surface area contributed by atoms with Crippen molar-refractivity contribution in [1.82, 2.24) is 25.1 Å². The van der Waals surface area contributed by atoms with E-state index in [1.54, 1.807) is 11.3 Å². The molecule has 0 atom stereocenters. The van der Waals surface area contributed by atoms with E-state index in [-0.39, 0.29) is 0 Å². The molecular formula is C28H24N6S. The van der Waals surface area contributed by atoms with Gasteiger partial charge in [0.1, 0.15) is 5.69 Å². The summed E-state index contributed by atoms with van der Waals surface area (Å²) in [6.07, 6.45) is 7.57. The Bertz CT molecular complexity index is 1720. The Hall–Kier alpha value is -4.23. The molecule has 0 aliphatic heterocycles. The zero-order valence-electron chi connectivity index (χ0n) is 19.8. The minimum atomic E-state index is 0.884. The molecule has 6 nitrogen and oxygen atoms in total. The van der Waals surface area contributed by atoms with Gasteiger partial charge in [-0.1, -0.05) is 12.6 Å². The first-order valence-corrected chi connectivity index (χ1v) is 12.1. The molecule has 0 aliphatic rings. The van der Waals surface area contributed by atoms with Crippen LogP contribution in [-0.2, 0) is 0 Å². The average molecular weight is 477 g/mol. The van der Waals surface area contributed by atoms with Crippen molar-refractivity contribution in [3.8, 4) is 33.0 Å². The molecule has 2 N–H and O–H groups in total. The average Bonchev–Trinajstić information content (AvgIpc) is 3.61. The van der Waals surface area contributed by atoms with Crippen molar-refractivity contribution < 1.29 is 0 Å². The molecular weight excluding hydrogens is 452 g/mol. The van der Waals surface area contributed by atoms with Crippen molar-refractivity contribution in [2.75, 3.05) is 19.0 Å². The van der Waals surface area contributed by atoms with E-state index in [0.29, 0.717) is 0 Å². The third kappa shape index (κ3) is 3.70. The number of benzene rings is 1. The minimum Gasteiger partial charge on any atom is -0.376 e. The summed E-state index contributed by atoms with van der Waals surface area (Å²) < 4.78 is 0. The quantitative estimate of drug-likeness (QED) is 0.281. The van der Waals surface area contributed by atoms with Crippen LogP contribution in [0.5, 0.6) is 0 Å². The standard InChI is InChI=1S/C28H24N6S/c1-16(2)26-7-8-27(35-26)22-14-30-15-25-20(22)11-24(31-25)28-21-10-17(5-6-23(21)32-33-28)18-9-19(34(3)4)13-29-12-18/h5-15,31H,1H2,2-4H3,(H,32,33). The molecule has 35 heavy (non-hydrogen) atoms. The van der Waals surface area contributed by atoms with Crippen LogP contribution in [0.25, 0.3) is 60.3 Å². The van der Waals surface area contributed by atoms with E-state index >= 15 is 0 Å². The lowest BCUT2D eigenvalue weighted by Gasteiger charge is -2.13. The van der Waals surface area contributed by atoms with Gasteiger partial charge in [-0.2, -0.15) is 5.10 Å². The zero-order valence-corrected chi connectivity index (χ0v) is 20.6. The van der Waals surface area contributed by atoms with Gasteiger partial charge < -0.3 is 9.88 Å². The Morgan fingerprint density at radius 1 is 0.886 bits per heavy atom. The van der Waals surface area contributed by atoms with E-state index in [0.717, 1.165) is 61.1 Å². The molecule has 0 fully saturated rings. The van der Waals surface area contributed by atoms with Crippen LogP contribution in [0.3, 0.4) is 0 Å². The summed E-state index contributed by atoms with van der Waals surface area (Å²) in [6, 6.07) is 14.9. The van der Waals surface area contributed by atoms with Gasteiger partial charge in [0.05, 0.1) is 34.8 Å². The first-order chi connectivity index (χ1) is 17.0. The molecule has 0 saturated carbocycles. The predicted octanol–water partition coefficient (Wildman–Crippen LogP) is 7.00. The molecule has 0 aliphatic carbocycles. The number of H-pyrrole nitrogens is 2. The number of hydrogen-bond donors (Lipinski definition) is 2. The first kappa shape index (κ1) is 21.3. The molecule has 5 heterocycles. The topological polar surface area (TPSA) is 73.5 Å². The fraction of sp³-hybridized carbons (Fsp3) is 0.107. The molecule has 0 radical (unpaired) electrons. The lowest BCUT2D eigenvalue weighted by Crippen LogP contribution is -2.08. The van der Waals surface area contributed by atoms with Crippen molar-refractivity contribution in [2.24, 2.45) is 0 Å². The Morgan fingerprint density at radius 3 is 2.54 bits per heavy atom. The van der Waals surface area contributed by atoms with E-state index < -0.39 is 0 Å². The van der Waals surface area contributed by atoms with E-state index in [4.69, 9.17) is 0 Å². The predicted molar refractivity (Wildman–Crippen MR) is 147 cm³/mol. The Labute approximate surface area is 207 Å². The SMILES string of the molecule is C=C(C)c1ccc(-c2cncc3[nH]c(-c4n[nH]c5ccc(-c6cncc(N(C)C)c6)cc45)cc23)s1. The van der Waals surface area contributed by atoms with Gasteiger partial charge in [-0.15, -0.1) is 11.3 Å². The number of nitrogens with one attached hydrogen (secondary N) is 2. The van der Waals surface area contributed by atoms with Crippen LogP contribution in [-0.4, -0.2) is 39.2 Å². The van der Waals surface area contributed by atoms with Gasteiger partial charge in [-0.3, -0.25) is 15.1 Å². The number of aromatic nitrogens is 5. The summed E-state index contributed by atoms with van der Waals surface area (Å²) in [7, 11) is 4.04. The zero-order chi connectivity index (χ0) is 24.1. The monoisotopic (exact) mass is 476 g/mol. The van der Waals surface area contributed by atoms with Gasteiger partial charge in [0.15, 0.2) is 0 Å². The van der Waals surface area contributed by atoms with E-state index in [1.165, 1.54) is 9.75 Å². The number of fused-ring (bicyclic) bond motifs is 2. The van der Waals surface area contributed by atoms with Crippen molar-refractivity contribution in [2.45, 2.75) is 6.92 Å². The highest BCUT2D eigenvalue weighted by Crippen LogP contribution is 2.38. The number of aromatic amines is 2. The minimum absolute atomic E-state index is 0.884. The van der Waals surface area contributed by atoms with Crippen LogP contribution < -0.4 is 4.90 Å². The van der Waals surface area contributed by atoms with Crippen molar-refractivity contribution in [1.29, 1.82) is 0 Å². The third-order valence-electron chi connectivity index (χ3n) is 6.23. The maximum Gasteiger partial charge on any atom is 0.116 e.